The number of anilines is 2. The predicted octanol–water partition coefficient (Wildman–Crippen LogP) is 4.96. The van der Waals surface area contributed by atoms with E-state index in [0.717, 1.165) is 45.2 Å². The number of nitro groups is 1. The maximum absolute atomic E-state index is 13.4. The van der Waals surface area contributed by atoms with Gasteiger partial charge in [0.05, 0.1) is 10.5 Å². The molecule has 0 bridgehead atoms. The van der Waals surface area contributed by atoms with Crippen molar-refractivity contribution in [3.05, 3.63) is 64.2 Å². The number of nitro benzene ring substituents is 1. The highest BCUT2D eigenvalue weighted by molar-refractivity contribution is 5.76. The van der Waals surface area contributed by atoms with E-state index < -0.39 is 28.3 Å². The number of piperidine rings is 1. The van der Waals surface area contributed by atoms with Crippen molar-refractivity contribution in [2.45, 2.75) is 45.8 Å². The van der Waals surface area contributed by atoms with Crippen LogP contribution < -0.4 is 10.2 Å². The first-order valence-corrected chi connectivity index (χ1v) is 13.1. The van der Waals surface area contributed by atoms with Crippen LogP contribution in [0, 0.1) is 10.1 Å². The van der Waals surface area contributed by atoms with Gasteiger partial charge in [0.1, 0.15) is 0 Å². The van der Waals surface area contributed by atoms with Crippen LogP contribution >= 0.6 is 0 Å². The number of hydrogen-bond acceptors (Lipinski definition) is 7. The van der Waals surface area contributed by atoms with Crippen molar-refractivity contribution < 1.29 is 32.8 Å². The number of hydrogen-bond donors (Lipinski definition) is 2. The van der Waals surface area contributed by atoms with Gasteiger partial charge in [0.15, 0.2) is 0 Å². The van der Waals surface area contributed by atoms with Gasteiger partial charge in [-0.25, -0.2) is 0 Å². The summed E-state index contributed by atoms with van der Waals surface area (Å²) < 4.78 is 40.3. The summed E-state index contributed by atoms with van der Waals surface area (Å²) in [5.41, 5.74) is -0.620. The Morgan fingerprint density at radius 3 is 2.15 bits per heavy atom. The van der Waals surface area contributed by atoms with Crippen molar-refractivity contribution in [2.75, 3.05) is 56.0 Å². The van der Waals surface area contributed by atoms with Gasteiger partial charge in [-0.05, 0) is 31.0 Å². The second kappa shape index (κ2) is 15.2. The number of aliphatic carboxylic acids is 1. The van der Waals surface area contributed by atoms with Crippen LogP contribution in [0.5, 0.6) is 0 Å². The summed E-state index contributed by atoms with van der Waals surface area (Å²) in [5, 5.41) is 21.2. The molecule has 1 amide bonds. The summed E-state index contributed by atoms with van der Waals surface area (Å²) >= 11 is 0. The largest absolute Gasteiger partial charge is 0.481 e. The first-order valence-electron chi connectivity index (χ1n) is 13.1. The maximum atomic E-state index is 13.4. The minimum absolute atomic E-state index is 0. The van der Waals surface area contributed by atoms with E-state index in [1.54, 1.807) is 4.90 Å². The van der Waals surface area contributed by atoms with Crippen molar-refractivity contribution in [1.29, 1.82) is 0 Å². The number of carbonyl (C=O) groups is 2. The Hall–Kier alpha value is -3.87. The maximum Gasteiger partial charge on any atom is 0.418 e. The first-order chi connectivity index (χ1) is 18.9. The molecule has 0 saturated carbocycles. The molecule has 2 aliphatic rings. The van der Waals surface area contributed by atoms with E-state index in [0.29, 0.717) is 45.0 Å². The molecule has 13 heteroatoms. The number of para-hydroxylation sites is 1. The number of carboxylic acids is 1. The van der Waals surface area contributed by atoms with E-state index in [9.17, 15) is 28.1 Å². The second-order valence-electron chi connectivity index (χ2n) is 9.72. The number of nitrogens with zero attached hydrogens (tertiary/aromatic N) is 4. The topological polar surface area (TPSA) is 119 Å². The molecule has 226 valence electrons. The number of piperazine rings is 1. The quantitative estimate of drug-likeness (QED) is 0.348. The number of carboxylic acid groups (broad SMARTS) is 1. The lowest BCUT2D eigenvalue weighted by Crippen LogP contribution is -2.48. The third-order valence-electron chi connectivity index (χ3n) is 6.86. The fourth-order valence-electron chi connectivity index (χ4n) is 4.78. The number of likely N-dealkylation sites (tertiary alicyclic amines) is 1. The highest BCUT2D eigenvalue weighted by Crippen LogP contribution is 2.37. The number of alkyl halides is 3. The molecule has 4 rings (SSSR count). The first kappa shape index (κ1) is 33.3. The minimum atomic E-state index is -4.71. The Morgan fingerprint density at radius 2 is 1.61 bits per heavy atom. The van der Waals surface area contributed by atoms with Gasteiger partial charge >= 0.3 is 6.18 Å². The molecule has 0 aromatic heterocycles. The van der Waals surface area contributed by atoms with Gasteiger partial charge < -0.3 is 20.2 Å². The number of benzene rings is 2. The zero-order valence-electron chi connectivity index (χ0n) is 22.3. The molecule has 10 nitrogen and oxygen atoms in total. The molecule has 41 heavy (non-hydrogen) atoms. The molecule has 2 aromatic rings. The van der Waals surface area contributed by atoms with Crippen molar-refractivity contribution in [2.24, 2.45) is 0 Å². The summed E-state index contributed by atoms with van der Waals surface area (Å²) in [6.45, 7) is 6.32. The molecular weight excluding hydrogens is 543 g/mol. The van der Waals surface area contributed by atoms with Gasteiger partial charge in [0.2, 0.25) is 5.91 Å². The number of halogens is 3. The van der Waals surface area contributed by atoms with Crippen LogP contribution in [0.15, 0.2) is 48.5 Å². The number of non-ortho nitro benzene ring substituents is 1. The van der Waals surface area contributed by atoms with Gasteiger partial charge in [-0.1, -0.05) is 25.6 Å². The lowest BCUT2D eigenvalue weighted by molar-refractivity contribution is -0.385. The molecular formula is C28H38F3N5O5. The van der Waals surface area contributed by atoms with E-state index in [-0.39, 0.29) is 25.1 Å². The molecule has 2 aromatic carbocycles. The molecule has 2 heterocycles. The Kier molecular flexibility index (Phi) is 12.4. The lowest BCUT2D eigenvalue weighted by Gasteiger charge is -2.37. The molecule has 0 unspecified atom stereocenters. The summed E-state index contributed by atoms with van der Waals surface area (Å²) in [6.07, 6.45) is -3.27. The predicted molar refractivity (Wildman–Crippen MR) is 151 cm³/mol. The van der Waals surface area contributed by atoms with E-state index in [4.69, 9.17) is 9.90 Å². The van der Waals surface area contributed by atoms with Gasteiger partial charge in [-0.15, -0.1) is 0 Å². The zero-order chi connectivity index (χ0) is 29.3. The van der Waals surface area contributed by atoms with Crippen molar-refractivity contribution >= 4 is 28.9 Å². The molecule has 2 aliphatic heterocycles. The molecule has 0 aliphatic carbocycles. The van der Waals surface area contributed by atoms with E-state index in [1.807, 2.05) is 18.2 Å². The SMILES string of the molecule is C.CC(=O)O.O=C(CCN1CCN(c2ccccc2)CC1)N1CCC(Nc2ccc([N+](=O)[O-])cc2C(F)(F)F)CC1. The minimum Gasteiger partial charge on any atom is -0.481 e. The highest BCUT2D eigenvalue weighted by Gasteiger charge is 2.36. The van der Waals surface area contributed by atoms with Crippen molar-refractivity contribution in [3.63, 3.8) is 0 Å². The third kappa shape index (κ3) is 10.2. The average molecular weight is 582 g/mol. The smallest absolute Gasteiger partial charge is 0.418 e. The summed E-state index contributed by atoms with van der Waals surface area (Å²) in [4.78, 5) is 38.2. The van der Waals surface area contributed by atoms with Crippen LogP contribution in [0.2, 0.25) is 0 Å². The number of rotatable bonds is 7. The fourth-order valence-corrected chi connectivity index (χ4v) is 4.78. The number of carbonyl (C=O) groups excluding carboxylic acids is 1. The van der Waals surface area contributed by atoms with Gasteiger partial charge in [-0.2, -0.15) is 13.2 Å². The van der Waals surface area contributed by atoms with Crippen LogP contribution in [0.1, 0.15) is 39.2 Å². The monoisotopic (exact) mass is 581 g/mol. The van der Waals surface area contributed by atoms with Gasteiger partial charge in [0, 0.05) is 88.7 Å². The van der Waals surface area contributed by atoms with Crippen LogP contribution in [0.4, 0.5) is 30.2 Å². The molecule has 0 radical (unpaired) electrons. The summed E-state index contributed by atoms with van der Waals surface area (Å²) in [6, 6.07) is 12.7. The number of nitrogens with one attached hydrogen (secondary N) is 1. The van der Waals surface area contributed by atoms with E-state index in [2.05, 4.69) is 27.2 Å². The second-order valence-corrected chi connectivity index (χ2v) is 9.72. The molecule has 0 atom stereocenters. The van der Waals surface area contributed by atoms with Crippen molar-refractivity contribution in [3.8, 4) is 0 Å². The van der Waals surface area contributed by atoms with Crippen LogP contribution in [0.25, 0.3) is 0 Å². The van der Waals surface area contributed by atoms with Crippen LogP contribution in [-0.4, -0.2) is 83.6 Å². The molecule has 0 spiro atoms. The Balaban J connectivity index is 0.00000110. The van der Waals surface area contributed by atoms with Gasteiger partial charge in [-0.3, -0.25) is 24.6 Å². The van der Waals surface area contributed by atoms with Crippen LogP contribution in [-0.2, 0) is 15.8 Å². The van der Waals surface area contributed by atoms with Gasteiger partial charge in [0.25, 0.3) is 11.7 Å². The fraction of sp³-hybridized carbons (Fsp3) is 0.500. The third-order valence-corrected chi connectivity index (χ3v) is 6.86. The van der Waals surface area contributed by atoms with E-state index >= 15 is 0 Å². The highest BCUT2D eigenvalue weighted by atomic mass is 19.4. The normalized spacial score (nSPS) is 16.2. The van der Waals surface area contributed by atoms with Crippen molar-refractivity contribution in [1.82, 2.24) is 9.80 Å². The summed E-state index contributed by atoms with van der Waals surface area (Å²) in [5.74, 6) is -0.773. The Bertz CT molecular complexity index is 1150. The molecule has 2 fully saturated rings. The summed E-state index contributed by atoms with van der Waals surface area (Å²) in [7, 11) is 0. The molecule has 2 saturated heterocycles. The lowest BCUT2D eigenvalue weighted by atomic mass is 10.0. The standard InChI is InChI=1S/C25H30F3N5O3.C2H4O2.CH4/c26-25(27,28)22-18-21(33(35)36)6-7-23(22)29-19-8-12-32(13-9-19)24(34)10-11-30-14-16-31(17-15-30)20-4-2-1-3-5-20;1-2(3)4;/h1-7,18-19,29H,8-17H2;1H3,(H,3,4);1H4. The Labute approximate surface area is 237 Å². The molecule has 2 N–H and O–H groups in total. The van der Waals surface area contributed by atoms with E-state index in [1.165, 1.54) is 5.69 Å². The number of amides is 1. The zero-order valence-corrected chi connectivity index (χ0v) is 22.3. The van der Waals surface area contributed by atoms with Crippen LogP contribution in [0.3, 0.4) is 0 Å². The Morgan fingerprint density at radius 1 is 1.02 bits per heavy atom. The average Bonchev–Trinajstić information content (AvgIpc) is 2.92.